The molecule has 6 heteroatoms. The van der Waals surface area contributed by atoms with Crippen LogP contribution in [0.4, 0.5) is 5.82 Å². The second-order valence-electron chi connectivity index (χ2n) is 3.65. The highest BCUT2D eigenvalue weighted by atomic mass is 16.5. The van der Waals surface area contributed by atoms with Gasteiger partial charge in [0.1, 0.15) is 5.82 Å². The molecule has 0 spiro atoms. The quantitative estimate of drug-likeness (QED) is 0.718. The molecule has 1 amide bonds. The van der Waals surface area contributed by atoms with Crippen LogP contribution >= 0.6 is 0 Å². The number of carbonyl (C=O) groups excluding carboxylic acids is 1. The lowest BCUT2D eigenvalue weighted by Crippen LogP contribution is -2.15. The van der Waals surface area contributed by atoms with Gasteiger partial charge in [0.05, 0.1) is 18.6 Å². The number of anilines is 1. The van der Waals surface area contributed by atoms with E-state index in [1.54, 1.807) is 0 Å². The molecule has 0 fully saturated rings. The number of nitrogens with zero attached hydrogens (tertiary/aromatic N) is 1. The molecule has 0 bridgehead atoms. The largest absolute Gasteiger partial charge is 0.478 e. The maximum atomic E-state index is 11.4. The Kier molecular flexibility index (Phi) is 5.79. The molecule has 1 aromatic heterocycles. The van der Waals surface area contributed by atoms with Gasteiger partial charge in [0, 0.05) is 12.8 Å². The Morgan fingerprint density at radius 2 is 2.17 bits per heavy atom. The van der Waals surface area contributed by atoms with Crippen molar-refractivity contribution in [3.8, 4) is 0 Å². The summed E-state index contributed by atoms with van der Waals surface area (Å²) in [7, 11) is 0. The second-order valence-corrected chi connectivity index (χ2v) is 3.65. The van der Waals surface area contributed by atoms with Gasteiger partial charge in [-0.05, 0) is 18.6 Å². The van der Waals surface area contributed by atoms with Gasteiger partial charge in [-0.15, -0.1) is 0 Å². The van der Waals surface area contributed by atoms with Gasteiger partial charge >= 0.3 is 5.97 Å². The molecule has 0 aliphatic heterocycles. The van der Waals surface area contributed by atoms with Crippen molar-refractivity contribution in [2.24, 2.45) is 0 Å². The van der Waals surface area contributed by atoms with Crippen LogP contribution in [0.15, 0.2) is 18.3 Å². The SMILES string of the molecule is CCCOCCC(=O)Nc1ccc(C(=O)O)cn1. The Morgan fingerprint density at radius 1 is 1.39 bits per heavy atom. The van der Waals surface area contributed by atoms with Gasteiger partial charge in [0.2, 0.25) is 5.91 Å². The molecule has 18 heavy (non-hydrogen) atoms. The van der Waals surface area contributed by atoms with E-state index in [2.05, 4.69) is 10.3 Å². The maximum absolute atomic E-state index is 11.4. The standard InChI is InChI=1S/C12H16N2O4/c1-2-6-18-7-5-11(15)14-10-4-3-9(8-13-10)12(16)17/h3-4,8H,2,5-7H2,1H3,(H,16,17)(H,13,14,15). The van der Waals surface area contributed by atoms with Crippen molar-refractivity contribution < 1.29 is 19.4 Å². The summed E-state index contributed by atoms with van der Waals surface area (Å²) < 4.78 is 5.18. The summed E-state index contributed by atoms with van der Waals surface area (Å²) in [5.41, 5.74) is 0.0827. The lowest BCUT2D eigenvalue weighted by atomic mass is 10.3. The molecule has 0 atom stereocenters. The summed E-state index contributed by atoms with van der Waals surface area (Å²) >= 11 is 0. The van der Waals surface area contributed by atoms with E-state index >= 15 is 0 Å². The zero-order valence-corrected chi connectivity index (χ0v) is 10.2. The number of aromatic carboxylic acids is 1. The lowest BCUT2D eigenvalue weighted by molar-refractivity contribution is -0.117. The number of hydrogen-bond donors (Lipinski definition) is 2. The van der Waals surface area contributed by atoms with Crippen molar-refractivity contribution in [2.45, 2.75) is 19.8 Å². The van der Waals surface area contributed by atoms with Crippen LogP contribution in [-0.2, 0) is 9.53 Å². The number of carbonyl (C=O) groups is 2. The zero-order valence-electron chi connectivity index (χ0n) is 10.2. The molecule has 0 aliphatic rings. The Hall–Kier alpha value is -1.95. The van der Waals surface area contributed by atoms with Crippen molar-refractivity contribution >= 4 is 17.7 Å². The predicted molar refractivity (Wildman–Crippen MR) is 65.6 cm³/mol. The molecular weight excluding hydrogens is 236 g/mol. The minimum Gasteiger partial charge on any atom is -0.478 e. The smallest absolute Gasteiger partial charge is 0.337 e. The third kappa shape index (κ3) is 4.92. The highest BCUT2D eigenvalue weighted by Gasteiger charge is 2.05. The lowest BCUT2D eigenvalue weighted by Gasteiger charge is -2.05. The molecular formula is C12H16N2O4. The number of rotatable bonds is 7. The molecule has 0 saturated carbocycles. The molecule has 98 valence electrons. The fourth-order valence-corrected chi connectivity index (χ4v) is 1.21. The van der Waals surface area contributed by atoms with Gasteiger partial charge in [-0.3, -0.25) is 4.79 Å². The number of pyridine rings is 1. The van der Waals surface area contributed by atoms with Crippen molar-refractivity contribution in [3.63, 3.8) is 0 Å². The molecule has 6 nitrogen and oxygen atoms in total. The highest BCUT2D eigenvalue weighted by Crippen LogP contribution is 2.05. The van der Waals surface area contributed by atoms with E-state index in [4.69, 9.17) is 9.84 Å². The average Bonchev–Trinajstić information content (AvgIpc) is 2.35. The van der Waals surface area contributed by atoms with Gasteiger partial charge in [-0.1, -0.05) is 6.92 Å². The Morgan fingerprint density at radius 3 is 2.72 bits per heavy atom. The fraction of sp³-hybridized carbons (Fsp3) is 0.417. The van der Waals surface area contributed by atoms with Gasteiger partial charge in [-0.2, -0.15) is 0 Å². The molecule has 0 aromatic carbocycles. The van der Waals surface area contributed by atoms with Crippen LogP contribution in [0.5, 0.6) is 0 Å². The van der Waals surface area contributed by atoms with Crippen LogP contribution in [0.2, 0.25) is 0 Å². The summed E-state index contributed by atoms with van der Waals surface area (Å²) in [6.07, 6.45) is 2.37. The topological polar surface area (TPSA) is 88.5 Å². The van der Waals surface area contributed by atoms with Crippen LogP contribution in [0.25, 0.3) is 0 Å². The summed E-state index contributed by atoms with van der Waals surface area (Å²) in [5.74, 6) is -0.921. The molecule has 1 aromatic rings. The van der Waals surface area contributed by atoms with E-state index in [9.17, 15) is 9.59 Å². The van der Waals surface area contributed by atoms with E-state index in [0.29, 0.717) is 19.0 Å². The van der Waals surface area contributed by atoms with Crippen LogP contribution in [0.1, 0.15) is 30.1 Å². The number of carboxylic acids is 1. The summed E-state index contributed by atoms with van der Waals surface area (Å²) in [6.45, 7) is 3.00. The average molecular weight is 252 g/mol. The van der Waals surface area contributed by atoms with E-state index in [-0.39, 0.29) is 17.9 Å². The Balaban J connectivity index is 2.37. The number of amides is 1. The molecule has 1 heterocycles. The summed E-state index contributed by atoms with van der Waals surface area (Å²) in [5, 5.41) is 11.2. The molecule has 0 saturated heterocycles. The first-order valence-corrected chi connectivity index (χ1v) is 5.70. The van der Waals surface area contributed by atoms with E-state index in [0.717, 1.165) is 6.42 Å². The van der Waals surface area contributed by atoms with Crippen LogP contribution in [0.3, 0.4) is 0 Å². The van der Waals surface area contributed by atoms with E-state index in [1.165, 1.54) is 18.3 Å². The third-order valence-electron chi connectivity index (χ3n) is 2.10. The van der Waals surface area contributed by atoms with E-state index < -0.39 is 5.97 Å². The van der Waals surface area contributed by atoms with Crippen LogP contribution in [-0.4, -0.2) is 35.2 Å². The first-order valence-electron chi connectivity index (χ1n) is 5.70. The summed E-state index contributed by atoms with van der Waals surface area (Å²) in [4.78, 5) is 25.9. The number of nitrogens with one attached hydrogen (secondary N) is 1. The normalized spacial score (nSPS) is 10.1. The summed E-state index contributed by atoms with van der Waals surface area (Å²) in [6, 6.07) is 2.84. The number of carboxylic acid groups (broad SMARTS) is 1. The minimum atomic E-state index is -1.05. The Labute approximate surface area is 105 Å². The number of ether oxygens (including phenoxy) is 1. The highest BCUT2D eigenvalue weighted by molar-refractivity contribution is 5.91. The molecule has 0 aliphatic carbocycles. The molecule has 0 radical (unpaired) electrons. The van der Waals surface area contributed by atoms with Crippen molar-refractivity contribution in [1.29, 1.82) is 0 Å². The number of hydrogen-bond acceptors (Lipinski definition) is 4. The molecule has 2 N–H and O–H groups in total. The van der Waals surface area contributed by atoms with E-state index in [1.807, 2.05) is 6.92 Å². The van der Waals surface area contributed by atoms with Gasteiger partial charge in [0.15, 0.2) is 0 Å². The maximum Gasteiger partial charge on any atom is 0.337 e. The van der Waals surface area contributed by atoms with Crippen molar-refractivity contribution in [1.82, 2.24) is 4.98 Å². The minimum absolute atomic E-state index is 0.0827. The predicted octanol–water partition coefficient (Wildman–Crippen LogP) is 1.53. The number of aromatic nitrogens is 1. The van der Waals surface area contributed by atoms with Crippen LogP contribution < -0.4 is 5.32 Å². The van der Waals surface area contributed by atoms with Gasteiger partial charge in [-0.25, -0.2) is 9.78 Å². The molecule has 0 unspecified atom stereocenters. The second kappa shape index (κ2) is 7.39. The first-order chi connectivity index (χ1) is 8.63. The van der Waals surface area contributed by atoms with Gasteiger partial charge in [0.25, 0.3) is 0 Å². The fourth-order valence-electron chi connectivity index (χ4n) is 1.21. The Bertz CT molecular complexity index is 403. The van der Waals surface area contributed by atoms with Gasteiger partial charge < -0.3 is 15.2 Å². The van der Waals surface area contributed by atoms with Crippen molar-refractivity contribution in [3.05, 3.63) is 23.9 Å². The van der Waals surface area contributed by atoms with Crippen molar-refractivity contribution in [2.75, 3.05) is 18.5 Å². The monoisotopic (exact) mass is 252 g/mol. The third-order valence-corrected chi connectivity index (χ3v) is 2.10. The molecule has 1 rings (SSSR count). The van der Waals surface area contributed by atoms with Crippen LogP contribution in [0, 0.1) is 0 Å². The zero-order chi connectivity index (χ0) is 13.4. The first kappa shape index (κ1) is 14.1.